The van der Waals surface area contributed by atoms with Gasteiger partial charge in [-0.25, -0.2) is 4.39 Å². The minimum absolute atomic E-state index is 0.0692. The van der Waals surface area contributed by atoms with Gasteiger partial charge in [0.05, 0.1) is 26.3 Å². The first-order valence-electron chi connectivity index (χ1n) is 13.0. The van der Waals surface area contributed by atoms with E-state index in [1.165, 1.54) is 23.1 Å². The van der Waals surface area contributed by atoms with Crippen LogP contribution in [0.2, 0.25) is 0 Å². The molecule has 9 heteroatoms. The lowest BCUT2D eigenvalue weighted by molar-refractivity contribution is -0.132. The molecule has 0 unspecified atom stereocenters. The van der Waals surface area contributed by atoms with Crippen LogP contribution in [0.3, 0.4) is 0 Å². The average molecular weight is 541 g/mol. The quantitative estimate of drug-likeness (QED) is 0.256. The van der Waals surface area contributed by atoms with Crippen LogP contribution in [0.5, 0.6) is 11.5 Å². The van der Waals surface area contributed by atoms with Crippen molar-refractivity contribution in [1.29, 1.82) is 0 Å². The molecule has 39 heavy (non-hydrogen) atoms. The second-order valence-corrected chi connectivity index (χ2v) is 9.02. The van der Waals surface area contributed by atoms with Crippen molar-refractivity contribution in [2.24, 2.45) is 0 Å². The predicted molar refractivity (Wildman–Crippen MR) is 146 cm³/mol. The number of carbonyl (C=O) groups excluding carboxylic acids is 2. The monoisotopic (exact) mass is 540 g/mol. The molecule has 2 amide bonds. The molecule has 3 aromatic rings. The van der Waals surface area contributed by atoms with Gasteiger partial charge in [-0.1, -0.05) is 18.2 Å². The summed E-state index contributed by atoms with van der Waals surface area (Å²) in [5, 5.41) is 0. The van der Waals surface area contributed by atoms with Crippen LogP contribution < -0.4 is 9.47 Å². The molecule has 210 valence electrons. The smallest absolute Gasteiger partial charge is 0.257 e. The van der Waals surface area contributed by atoms with Crippen LogP contribution in [0.25, 0.3) is 0 Å². The van der Waals surface area contributed by atoms with Crippen LogP contribution in [-0.2, 0) is 22.5 Å². The molecule has 0 aliphatic heterocycles. The average Bonchev–Trinajstić information content (AvgIpc) is 3.36. The zero-order valence-corrected chi connectivity index (χ0v) is 23.1. The van der Waals surface area contributed by atoms with Gasteiger partial charge < -0.3 is 28.4 Å². The second kappa shape index (κ2) is 14.9. The van der Waals surface area contributed by atoms with Crippen LogP contribution in [-0.4, -0.2) is 68.7 Å². The van der Waals surface area contributed by atoms with Crippen molar-refractivity contribution in [3.63, 3.8) is 0 Å². The van der Waals surface area contributed by atoms with Gasteiger partial charge in [-0.3, -0.25) is 9.59 Å². The minimum Gasteiger partial charge on any atom is -0.493 e. The fraction of sp³-hybridized carbons (Fsp3) is 0.400. The van der Waals surface area contributed by atoms with Crippen LogP contribution in [0.4, 0.5) is 4.39 Å². The summed E-state index contributed by atoms with van der Waals surface area (Å²) in [6, 6.07) is 15.1. The summed E-state index contributed by atoms with van der Waals surface area (Å²) in [7, 11) is 3.15. The maximum absolute atomic E-state index is 14.5. The van der Waals surface area contributed by atoms with Crippen molar-refractivity contribution in [3.05, 3.63) is 83.1 Å². The predicted octanol–water partition coefficient (Wildman–Crippen LogP) is 4.88. The first-order valence-corrected chi connectivity index (χ1v) is 13.0. The standard InChI is InChI=1S/C30H37FN2O6/c1-5-38-18-8-16-33(30(35)25-9-6-7-10-26(25)31)21-29(34)32(20-24-13-11-22(2)39-24)17-15-23-12-14-27(36-3)28(19-23)37-4/h6-7,9-14,19H,5,8,15-18,20-21H2,1-4H3. The maximum Gasteiger partial charge on any atom is 0.257 e. The van der Waals surface area contributed by atoms with Gasteiger partial charge in [0, 0.05) is 26.3 Å². The van der Waals surface area contributed by atoms with E-state index in [4.69, 9.17) is 18.6 Å². The van der Waals surface area contributed by atoms with Gasteiger partial charge in [-0.05, 0) is 68.7 Å². The van der Waals surface area contributed by atoms with E-state index in [9.17, 15) is 14.0 Å². The van der Waals surface area contributed by atoms with Crippen molar-refractivity contribution in [2.45, 2.75) is 33.2 Å². The molecular weight excluding hydrogens is 503 g/mol. The molecule has 1 aromatic heterocycles. The van der Waals surface area contributed by atoms with Gasteiger partial charge in [-0.15, -0.1) is 0 Å². The Bertz CT molecular complexity index is 1230. The van der Waals surface area contributed by atoms with Gasteiger partial charge >= 0.3 is 0 Å². The molecule has 3 rings (SSSR count). The SMILES string of the molecule is CCOCCCN(CC(=O)N(CCc1ccc(OC)c(OC)c1)Cc1ccc(C)o1)C(=O)c1ccccc1F. The summed E-state index contributed by atoms with van der Waals surface area (Å²) in [5.41, 5.74) is 0.886. The molecule has 0 saturated carbocycles. The Morgan fingerprint density at radius 1 is 0.949 bits per heavy atom. The third kappa shape index (κ3) is 8.58. The van der Waals surface area contributed by atoms with Gasteiger partial charge in [0.2, 0.25) is 5.91 Å². The van der Waals surface area contributed by atoms with Crippen LogP contribution in [0, 0.1) is 12.7 Å². The van der Waals surface area contributed by atoms with Crippen molar-refractivity contribution < 1.29 is 32.6 Å². The number of halogens is 1. The molecule has 0 spiro atoms. The van der Waals surface area contributed by atoms with E-state index in [-0.39, 0.29) is 31.1 Å². The topological polar surface area (TPSA) is 81.5 Å². The van der Waals surface area contributed by atoms with Crippen LogP contribution in [0.15, 0.2) is 59.0 Å². The number of methoxy groups -OCH3 is 2. The van der Waals surface area contributed by atoms with Gasteiger partial charge in [-0.2, -0.15) is 0 Å². The minimum atomic E-state index is -0.624. The Hall–Kier alpha value is -3.85. The number of hydrogen-bond acceptors (Lipinski definition) is 6. The number of furan rings is 1. The molecule has 0 saturated heterocycles. The van der Waals surface area contributed by atoms with Crippen molar-refractivity contribution >= 4 is 11.8 Å². The molecule has 0 radical (unpaired) electrons. The largest absolute Gasteiger partial charge is 0.493 e. The van der Waals surface area contributed by atoms with Crippen LogP contribution in [0.1, 0.15) is 40.8 Å². The summed E-state index contributed by atoms with van der Waals surface area (Å²) >= 11 is 0. The molecular formula is C30H37FN2O6. The van der Waals surface area contributed by atoms with Crippen molar-refractivity contribution in [3.8, 4) is 11.5 Å². The lowest BCUT2D eigenvalue weighted by atomic mass is 10.1. The number of benzene rings is 2. The van der Waals surface area contributed by atoms with E-state index in [1.807, 2.05) is 44.2 Å². The normalized spacial score (nSPS) is 10.8. The summed E-state index contributed by atoms with van der Waals surface area (Å²) < 4.78 is 36.3. The summed E-state index contributed by atoms with van der Waals surface area (Å²) in [4.78, 5) is 30.0. The molecule has 0 bridgehead atoms. The lowest BCUT2D eigenvalue weighted by Crippen LogP contribution is -2.44. The zero-order valence-electron chi connectivity index (χ0n) is 23.1. The summed E-state index contributed by atoms with van der Waals surface area (Å²) in [6.07, 6.45) is 1.06. The van der Waals surface area contributed by atoms with Crippen LogP contribution >= 0.6 is 0 Å². The molecule has 2 aromatic carbocycles. The highest BCUT2D eigenvalue weighted by atomic mass is 19.1. The molecule has 8 nitrogen and oxygen atoms in total. The number of aryl methyl sites for hydroxylation is 1. The van der Waals surface area contributed by atoms with E-state index < -0.39 is 11.7 Å². The fourth-order valence-corrected chi connectivity index (χ4v) is 4.17. The summed E-state index contributed by atoms with van der Waals surface area (Å²) in [5.74, 6) is 1.17. The molecule has 1 heterocycles. The van der Waals surface area contributed by atoms with E-state index >= 15 is 0 Å². The Morgan fingerprint density at radius 3 is 2.38 bits per heavy atom. The number of nitrogens with zero attached hydrogens (tertiary/aromatic N) is 2. The van der Waals surface area contributed by atoms with Gasteiger partial charge in [0.1, 0.15) is 23.9 Å². The number of ether oxygens (including phenoxy) is 3. The van der Waals surface area contributed by atoms with E-state index in [2.05, 4.69) is 0 Å². The van der Waals surface area contributed by atoms with E-state index in [0.29, 0.717) is 49.9 Å². The Balaban J connectivity index is 1.80. The van der Waals surface area contributed by atoms with Gasteiger partial charge in [0.25, 0.3) is 5.91 Å². The summed E-state index contributed by atoms with van der Waals surface area (Å²) in [6.45, 7) is 5.36. The first kappa shape index (κ1) is 29.7. The Labute approximate surface area is 229 Å². The highest BCUT2D eigenvalue weighted by Crippen LogP contribution is 2.28. The second-order valence-electron chi connectivity index (χ2n) is 9.02. The fourth-order valence-electron chi connectivity index (χ4n) is 4.17. The molecule has 0 aliphatic rings. The number of amides is 2. The Kier molecular flexibility index (Phi) is 11.4. The third-order valence-electron chi connectivity index (χ3n) is 6.25. The molecule has 0 N–H and O–H groups in total. The van der Waals surface area contributed by atoms with Crippen molar-refractivity contribution in [1.82, 2.24) is 9.80 Å². The first-order chi connectivity index (χ1) is 18.9. The Morgan fingerprint density at radius 2 is 1.72 bits per heavy atom. The lowest BCUT2D eigenvalue weighted by Gasteiger charge is -2.27. The molecule has 0 aliphatic carbocycles. The zero-order chi connectivity index (χ0) is 28.2. The van der Waals surface area contributed by atoms with E-state index in [0.717, 1.165) is 11.3 Å². The molecule has 0 atom stereocenters. The molecule has 0 fully saturated rings. The maximum atomic E-state index is 14.5. The highest BCUT2D eigenvalue weighted by molar-refractivity contribution is 5.96. The highest BCUT2D eigenvalue weighted by Gasteiger charge is 2.25. The third-order valence-corrected chi connectivity index (χ3v) is 6.25. The number of rotatable bonds is 15. The number of carbonyl (C=O) groups is 2. The van der Waals surface area contributed by atoms with Crippen molar-refractivity contribution in [2.75, 3.05) is 47.1 Å². The number of hydrogen-bond donors (Lipinski definition) is 0. The van der Waals surface area contributed by atoms with E-state index in [1.54, 1.807) is 25.2 Å². The van der Waals surface area contributed by atoms with Gasteiger partial charge in [0.15, 0.2) is 11.5 Å².